The molecule has 106 valence electrons. The molecule has 20 heavy (non-hydrogen) atoms. The molecule has 0 atom stereocenters. The van der Waals surface area contributed by atoms with Crippen LogP contribution in [0.1, 0.15) is 18.5 Å². The van der Waals surface area contributed by atoms with Crippen LogP contribution in [0, 0.1) is 0 Å². The zero-order chi connectivity index (χ0) is 14.7. The van der Waals surface area contributed by atoms with Gasteiger partial charge in [-0.05, 0) is 24.6 Å². The first kappa shape index (κ1) is 14.8. The van der Waals surface area contributed by atoms with Crippen molar-refractivity contribution in [2.45, 2.75) is 12.8 Å². The molecule has 2 rings (SSSR count). The number of nitrogens with zero attached hydrogens (tertiary/aromatic N) is 2. The minimum Gasteiger partial charge on any atom is -0.481 e. The van der Waals surface area contributed by atoms with Gasteiger partial charge in [-0.3, -0.25) is 14.5 Å². The molecule has 0 aliphatic carbocycles. The summed E-state index contributed by atoms with van der Waals surface area (Å²) in [5.41, 5.74) is 0.927. The summed E-state index contributed by atoms with van der Waals surface area (Å²) >= 11 is 6.43. The van der Waals surface area contributed by atoms with E-state index in [0.29, 0.717) is 22.2 Å². The van der Waals surface area contributed by atoms with E-state index in [4.69, 9.17) is 17.3 Å². The largest absolute Gasteiger partial charge is 0.481 e. The second-order valence-corrected chi connectivity index (χ2v) is 6.05. The first-order valence-electron chi connectivity index (χ1n) is 6.07. The number of rotatable bonds is 5. The minimum atomic E-state index is -0.866. The van der Waals surface area contributed by atoms with Gasteiger partial charge in [-0.2, -0.15) is 0 Å². The lowest BCUT2D eigenvalue weighted by Gasteiger charge is -2.13. The van der Waals surface area contributed by atoms with Crippen molar-refractivity contribution in [3.8, 4) is 0 Å². The first-order chi connectivity index (χ1) is 9.49. The molecule has 1 amide bonds. The molecule has 1 aromatic heterocycles. The maximum Gasteiger partial charge on any atom is 0.303 e. The molecule has 1 fully saturated rings. The van der Waals surface area contributed by atoms with Crippen molar-refractivity contribution in [3.05, 3.63) is 28.9 Å². The lowest BCUT2D eigenvalue weighted by molar-refractivity contribution is -0.137. The molecule has 1 aliphatic heterocycles. The number of aromatic nitrogens is 1. The van der Waals surface area contributed by atoms with Gasteiger partial charge in [0, 0.05) is 31.9 Å². The summed E-state index contributed by atoms with van der Waals surface area (Å²) in [7, 11) is 1.90. The van der Waals surface area contributed by atoms with Gasteiger partial charge < -0.3 is 9.67 Å². The highest BCUT2D eigenvalue weighted by atomic mass is 32.2. The van der Waals surface area contributed by atoms with Crippen molar-refractivity contribution in [1.82, 2.24) is 9.47 Å². The summed E-state index contributed by atoms with van der Waals surface area (Å²) < 4.78 is 2.40. The van der Waals surface area contributed by atoms with Gasteiger partial charge in [0.1, 0.15) is 4.32 Å². The SMILES string of the molecule is Cn1cccc1/C=C1/SC(=S)N(CCCC(=O)O)C1=O. The number of aryl methyl sites for hydroxylation is 1. The lowest BCUT2D eigenvalue weighted by Crippen LogP contribution is -2.29. The lowest BCUT2D eigenvalue weighted by atomic mass is 10.3. The predicted molar refractivity (Wildman–Crippen MR) is 82.2 cm³/mol. The summed E-state index contributed by atoms with van der Waals surface area (Å²) in [4.78, 5) is 24.8. The number of carbonyl (C=O) groups is 2. The van der Waals surface area contributed by atoms with Gasteiger partial charge in [-0.25, -0.2) is 0 Å². The molecule has 1 N–H and O–H groups in total. The molecule has 1 saturated heterocycles. The van der Waals surface area contributed by atoms with Crippen LogP contribution in [-0.2, 0) is 16.6 Å². The topological polar surface area (TPSA) is 62.5 Å². The van der Waals surface area contributed by atoms with Crippen molar-refractivity contribution in [2.75, 3.05) is 6.54 Å². The van der Waals surface area contributed by atoms with Gasteiger partial charge >= 0.3 is 5.97 Å². The second kappa shape index (κ2) is 6.23. The number of carboxylic acid groups (broad SMARTS) is 1. The Morgan fingerprint density at radius 1 is 1.55 bits per heavy atom. The average molecular weight is 310 g/mol. The number of amides is 1. The van der Waals surface area contributed by atoms with Crippen LogP contribution in [0.25, 0.3) is 6.08 Å². The van der Waals surface area contributed by atoms with Crippen molar-refractivity contribution in [1.29, 1.82) is 0 Å². The summed E-state index contributed by atoms with van der Waals surface area (Å²) in [5.74, 6) is -1.01. The maximum absolute atomic E-state index is 12.2. The summed E-state index contributed by atoms with van der Waals surface area (Å²) in [6.45, 7) is 0.349. The monoisotopic (exact) mass is 310 g/mol. The Hall–Kier alpha value is -1.60. The molecule has 0 bridgehead atoms. The highest BCUT2D eigenvalue weighted by Crippen LogP contribution is 2.32. The fourth-order valence-corrected chi connectivity index (χ4v) is 3.13. The van der Waals surface area contributed by atoms with Crippen molar-refractivity contribution < 1.29 is 14.7 Å². The van der Waals surface area contributed by atoms with Crippen LogP contribution in [-0.4, -0.2) is 37.3 Å². The quantitative estimate of drug-likeness (QED) is 0.666. The Balaban J connectivity index is 2.07. The molecule has 1 aliphatic rings. The number of aliphatic carboxylic acids is 1. The average Bonchev–Trinajstić information content (AvgIpc) is 2.88. The summed E-state index contributed by atoms with van der Waals surface area (Å²) in [5, 5.41) is 8.62. The standard InChI is InChI=1S/C13H14N2O3S2/c1-14-6-2-4-9(14)8-10-12(18)15(13(19)20-10)7-3-5-11(16)17/h2,4,6,8H,3,5,7H2,1H3,(H,16,17)/b10-8+. The van der Waals surface area contributed by atoms with Gasteiger partial charge in [-0.1, -0.05) is 24.0 Å². The number of thiocarbonyl (C=S) groups is 1. The Kier molecular flexibility index (Phi) is 4.61. The van der Waals surface area contributed by atoms with Gasteiger partial charge in [0.2, 0.25) is 0 Å². The van der Waals surface area contributed by atoms with Crippen molar-refractivity contribution in [2.24, 2.45) is 7.05 Å². The van der Waals surface area contributed by atoms with Gasteiger partial charge in [0.15, 0.2) is 0 Å². The molecule has 0 radical (unpaired) electrons. The van der Waals surface area contributed by atoms with E-state index in [1.807, 2.05) is 29.9 Å². The second-order valence-electron chi connectivity index (χ2n) is 4.37. The Morgan fingerprint density at radius 2 is 2.30 bits per heavy atom. The smallest absolute Gasteiger partial charge is 0.303 e. The predicted octanol–water partition coefficient (Wildman–Crippen LogP) is 2.09. The number of thioether (sulfide) groups is 1. The number of hydrogen-bond acceptors (Lipinski definition) is 4. The third-order valence-corrected chi connectivity index (χ3v) is 4.29. The fraction of sp³-hybridized carbons (Fsp3) is 0.308. The summed E-state index contributed by atoms with van der Waals surface area (Å²) in [6, 6.07) is 3.82. The Bertz CT molecular complexity index is 592. The van der Waals surface area contributed by atoms with E-state index in [9.17, 15) is 9.59 Å². The van der Waals surface area contributed by atoms with Gasteiger partial charge in [0.25, 0.3) is 5.91 Å². The molecule has 0 spiro atoms. The highest BCUT2D eigenvalue weighted by molar-refractivity contribution is 8.26. The van der Waals surface area contributed by atoms with Crippen LogP contribution in [0.3, 0.4) is 0 Å². The van der Waals surface area contributed by atoms with E-state index in [1.54, 1.807) is 6.08 Å². The maximum atomic E-state index is 12.2. The third kappa shape index (κ3) is 3.29. The minimum absolute atomic E-state index is 0.0356. The van der Waals surface area contributed by atoms with E-state index in [2.05, 4.69) is 0 Å². The molecule has 5 nitrogen and oxygen atoms in total. The normalized spacial score (nSPS) is 17.2. The molecule has 0 unspecified atom stereocenters. The number of carbonyl (C=O) groups excluding carboxylic acids is 1. The van der Waals surface area contributed by atoms with E-state index in [1.165, 1.54) is 16.7 Å². The number of carboxylic acids is 1. The molecule has 0 saturated carbocycles. The van der Waals surface area contributed by atoms with Crippen LogP contribution in [0.15, 0.2) is 23.2 Å². The van der Waals surface area contributed by atoms with Crippen LogP contribution in [0.4, 0.5) is 0 Å². The van der Waals surface area contributed by atoms with Crippen LogP contribution in [0.5, 0.6) is 0 Å². The molecule has 7 heteroatoms. The van der Waals surface area contributed by atoms with E-state index >= 15 is 0 Å². The Morgan fingerprint density at radius 3 is 2.90 bits per heavy atom. The van der Waals surface area contributed by atoms with Crippen molar-refractivity contribution >= 4 is 46.3 Å². The third-order valence-electron chi connectivity index (χ3n) is 2.91. The van der Waals surface area contributed by atoms with Crippen molar-refractivity contribution in [3.63, 3.8) is 0 Å². The van der Waals surface area contributed by atoms with Gasteiger partial charge in [-0.15, -0.1) is 0 Å². The molecule has 2 heterocycles. The van der Waals surface area contributed by atoms with E-state index in [0.717, 1.165) is 5.69 Å². The molecular formula is C13H14N2O3S2. The van der Waals surface area contributed by atoms with Gasteiger partial charge in [0.05, 0.1) is 4.91 Å². The van der Waals surface area contributed by atoms with E-state index in [-0.39, 0.29) is 12.3 Å². The van der Waals surface area contributed by atoms with Crippen LogP contribution >= 0.6 is 24.0 Å². The zero-order valence-electron chi connectivity index (χ0n) is 10.9. The van der Waals surface area contributed by atoms with Crippen LogP contribution in [0.2, 0.25) is 0 Å². The van der Waals surface area contributed by atoms with E-state index < -0.39 is 5.97 Å². The first-order valence-corrected chi connectivity index (χ1v) is 7.30. The summed E-state index contributed by atoms with van der Waals surface area (Å²) in [6.07, 6.45) is 4.14. The zero-order valence-corrected chi connectivity index (χ0v) is 12.5. The molecular weight excluding hydrogens is 296 g/mol. The fourth-order valence-electron chi connectivity index (χ4n) is 1.84. The molecule has 0 aromatic carbocycles. The van der Waals surface area contributed by atoms with Crippen LogP contribution < -0.4 is 0 Å². The Labute approximate surface area is 126 Å². The number of hydrogen-bond donors (Lipinski definition) is 1. The molecule has 1 aromatic rings. The highest BCUT2D eigenvalue weighted by Gasteiger charge is 2.31.